The highest BCUT2D eigenvalue weighted by atomic mass is 35.5. The van der Waals surface area contributed by atoms with Crippen LogP contribution in [0, 0.1) is 6.92 Å². The van der Waals surface area contributed by atoms with Crippen molar-refractivity contribution in [2.45, 2.75) is 25.8 Å². The molecule has 0 unspecified atom stereocenters. The van der Waals surface area contributed by atoms with Crippen molar-refractivity contribution in [3.8, 4) is 0 Å². The summed E-state index contributed by atoms with van der Waals surface area (Å²) in [6, 6.07) is 12.8. The Hall–Kier alpha value is -2.53. The Bertz CT molecular complexity index is 803. The Morgan fingerprint density at radius 2 is 1.80 bits per heavy atom. The zero-order valence-corrected chi connectivity index (χ0v) is 14.7. The van der Waals surface area contributed by atoms with Gasteiger partial charge in [0.15, 0.2) is 0 Å². The van der Waals surface area contributed by atoms with Crippen LogP contribution in [0.15, 0.2) is 42.5 Å². The maximum absolute atomic E-state index is 12.3. The highest BCUT2D eigenvalue weighted by Gasteiger charge is 2.24. The van der Waals surface area contributed by atoms with Crippen LogP contribution in [0.5, 0.6) is 0 Å². The first-order valence-electron chi connectivity index (χ1n) is 8.23. The van der Waals surface area contributed by atoms with E-state index in [1.54, 1.807) is 30.3 Å². The van der Waals surface area contributed by atoms with E-state index in [0.29, 0.717) is 16.3 Å². The SMILES string of the molecule is Cc1c(Cl)cccc1NCC(=O)Nc1ccccc1C(=O)NC1CC1. The summed E-state index contributed by atoms with van der Waals surface area (Å²) >= 11 is 6.08. The first kappa shape index (κ1) is 17.3. The fourth-order valence-electron chi connectivity index (χ4n) is 2.45. The second-order valence-corrected chi connectivity index (χ2v) is 6.51. The fraction of sp³-hybridized carbons (Fsp3) is 0.263. The number of carbonyl (C=O) groups is 2. The van der Waals surface area contributed by atoms with Crippen molar-refractivity contribution in [3.05, 3.63) is 58.6 Å². The summed E-state index contributed by atoms with van der Waals surface area (Å²) in [6.07, 6.45) is 2.03. The number of amides is 2. The molecule has 3 rings (SSSR count). The zero-order chi connectivity index (χ0) is 17.8. The maximum atomic E-state index is 12.3. The lowest BCUT2D eigenvalue weighted by molar-refractivity contribution is -0.114. The molecule has 0 aliphatic heterocycles. The smallest absolute Gasteiger partial charge is 0.253 e. The first-order valence-corrected chi connectivity index (χ1v) is 8.61. The fourth-order valence-corrected chi connectivity index (χ4v) is 2.62. The summed E-state index contributed by atoms with van der Waals surface area (Å²) in [4.78, 5) is 24.5. The molecule has 0 spiro atoms. The van der Waals surface area contributed by atoms with Crippen molar-refractivity contribution in [2.24, 2.45) is 0 Å². The predicted molar refractivity (Wildman–Crippen MR) is 100 cm³/mol. The second-order valence-electron chi connectivity index (χ2n) is 6.11. The number of carbonyl (C=O) groups excluding carboxylic acids is 2. The lowest BCUT2D eigenvalue weighted by atomic mass is 10.1. The Labute approximate surface area is 151 Å². The van der Waals surface area contributed by atoms with E-state index in [9.17, 15) is 9.59 Å². The average molecular weight is 358 g/mol. The summed E-state index contributed by atoms with van der Waals surface area (Å²) < 4.78 is 0. The molecule has 2 amide bonds. The van der Waals surface area contributed by atoms with Crippen LogP contribution in [0.1, 0.15) is 28.8 Å². The van der Waals surface area contributed by atoms with Crippen molar-refractivity contribution in [1.29, 1.82) is 0 Å². The van der Waals surface area contributed by atoms with Gasteiger partial charge in [0.05, 0.1) is 17.8 Å². The minimum Gasteiger partial charge on any atom is -0.376 e. The highest BCUT2D eigenvalue weighted by molar-refractivity contribution is 6.31. The van der Waals surface area contributed by atoms with E-state index < -0.39 is 0 Å². The van der Waals surface area contributed by atoms with Crippen LogP contribution in [0.4, 0.5) is 11.4 Å². The molecule has 0 atom stereocenters. The summed E-state index contributed by atoms with van der Waals surface area (Å²) in [5, 5.41) is 9.44. The molecule has 0 aromatic heterocycles. The molecule has 1 fully saturated rings. The lowest BCUT2D eigenvalue weighted by Gasteiger charge is -2.13. The van der Waals surface area contributed by atoms with Gasteiger partial charge in [-0.2, -0.15) is 0 Å². The molecule has 1 saturated carbocycles. The molecule has 1 aliphatic rings. The van der Waals surface area contributed by atoms with Crippen molar-refractivity contribution < 1.29 is 9.59 Å². The number of halogens is 1. The van der Waals surface area contributed by atoms with Crippen LogP contribution in [0.2, 0.25) is 5.02 Å². The molecule has 5 nitrogen and oxygen atoms in total. The highest BCUT2D eigenvalue weighted by Crippen LogP contribution is 2.23. The van der Waals surface area contributed by atoms with E-state index in [-0.39, 0.29) is 24.4 Å². The molecule has 2 aromatic rings. The molecule has 6 heteroatoms. The number of rotatable bonds is 6. The van der Waals surface area contributed by atoms with Gasteiger partial charge in [0.1, 0.15) is 0 Å². The number of hydrogen-bond donors (Lipinski definition) is 3. The van der Waals surface area contributed by atoms with E-state index in [2.05, 4.69) is 16.0 Å². The Kier molecular flexibility index (Phi) is 5.24. The third-order valence-corrected chi connectivity index (χ3v) is 4.47. The first-order chi connectivity index (χ1) is 12.0. The Balaban J connectivity index is 1.63. The summed E-state index contributed by atoms with van der Waals surface area (Å²) in [5.74, 6) is -0.386. The number of nitrogens with one attached hydrogen (secondary N) is 3. The lowest BCUT2D eigenvalue weighted by Crippen LogP contribution is -2.28. The Morgan fingerprint density at radius 3 is 2.56 bits per heavy atom. The molecular formula is C19H20ClN3O2. The van der Waals surface area contributed by atoms with E-state index in [1.165, 1.54) is 0 Å². The zero-order valence-electron chi connectivity index (χ0n) is 13.9. The molecule has 130 valence electrons. The molecule has 0 bridgehead atoms. The normalized spacial score (nSPS) is 13.2. The van der Waals surface area contributed by atoms with Gasteiger partial charge in [-0.25, -0.2) is 0 Å². The maximum Gasteiger partial charge on any atom is 0.253 e. The summed E-state index contributed by atoms with van der Waals surface area (Å²) in [6.45, 7) is 1.97. The average Bonchev–Trinajstić information content (AvgIpc) is 3.40. The van der Waals surface area contributed by atoms with E-state index in [4.69, 9.17) is 11.6 Å². The molecule has 25 heavy (non-hydrogen) atoms. The van der Waals surface area contributed by atoms with Crippen molar-refractivity contribution in [2.75, 3.05) is 17.2 Å². The van der Waals surface area contributed by atoms with Crippen LogP contribution in [0.25, 0.3) is 0 Å². The van der Waals surface area contributed by atoms with Gasteiger partial charge in [0, 0.05) is 16.8 Å². The monoisotopic (exact) mass is 357 g/mol. The van der Waals surface area contributed by atoms with Gasteiger partial charge < -0.3 is 16.0 Å². The van der Waals surface area contributed by atoms with Gasteiger partial charge in [0.2, 0.25) is 5.91 Å². The summed E-state index contributed by atoms with van der Waals surface area (Å²) in [7, 11) is 0. The van der Waals surface area contributed by atoms with Crippen LogP contribution in [-0.2, 0) is 4.79 Å². The number of benzene rings is 2. The van der Waals surface area contributed by atoms with E-state index >= 15 is 0 Å². The predicted octanol–water partition coefficient (Wildman–Crippen LogP) is 3.59. The molecule has 0 radical (unpaired) electrons. The van der Waals surface area contributed by atoms with Crippen LogP contribution in [0.3, 0.4) is 0 Å². The van der Waals surface area contributed by atoms with Gasteiger partial charge in [-0.3, -0.25) is 9.59 Å². The number of para-hydroxylation sites is 1. The van der Waals surface area contributed by atoms with Gasteiger partial charge in [0.25, 0.3) is 5.91 Å². The molecule has 3 N–H and O–H groups in total. The summed E-state index contributed by atoms with van der Waals surface area (Å²) in [5.41, 5.74) is 2.68. The van der Waals surface area contributed by atoms with Crippen LogP contribution >= 0.6 is 11.6 Å². The number of anilines is 2. The topological polar surface area (TPSA) is 70.2 Å². The van der Waals surface area contributed by atoms with Gasteiger partial charge in [-0.15, -0.1) is 0 Å². The van der Waals surface area contributed by atoms with Gasteiger partial charge >= 0.3 is 0 Å². The quantitative estimate of drug-likeness (QED) is 0.740. The van der Waals surface area contributed by atoms with Gasteiger partial charge in [-0.05, 0) is 49.6 Å². The van der Waals surface area contributed by atoms with Gasteiger partial charge in [-0.1, -0.05) is 29.8 Å². The minimum atomic E-state index is -0.231. The third-order valence-electron chi connectivity index (χ3n) is 4.07. The number of hydrogen-bond acceptors (Lipinski definition) is 3. The molecule has 0 heterocycles. The molecule has 1 aliphatic carbocycles. The molecular weight excluding hydrogens is 338 g/mol. The van der Waals surface area contributed by atoms with E-state index in [0.717, 1.165) is 24.1 Å². The van der Waals surface area contributed by atoms with Crippen molar-refractivity contribution in [3.63, 3.8) is 0 Å². The van der Waals surface area contributed by atoms with Crippen molar-refractivity contribution in [1.82, 2.24) is 5.32 Å². The standard InChI is InChI=1S/C19H20ClN3O2/c1-12-15(20)6-4-8-16(12)21-11-18(24)23-17-7-3-2-5-14(17)19(25)22-13-9-10-13/h2-8,13,21H,9-11H2,1H3,(H,22,25)(H,23,24). The van der Waals surface area contributed by atoms with Crippen molar-refractivity contribution >= 4 is 34.8 Å². The van der Waals surface area contributed by atoms with E-state index in [1.807, 2.05) is 19.1 Å². The Morgan fingerprint density at radius 1 is 1.08 bits per heavy atom. The second kappa shape index (κ2) is 7.57. The van der Waals surface area contributed by atoms with Crippen LogP contribution in [-0.4, -0.2) is 24.4 Å². The molecule has 2 aromatic carbocycles. The van der Waals surface area contributed by atoms with Crippen LogP contribution < -0.4 is 16.0 Å². The molecule has 0 saturated heterocycles. The third kappa shape index (κ3) is 4.51. The minimum absolute atomic E-state index is 0.0831. The largest absolute Gasteiger partial charge is 0.376 e.